The fourth-order valence-electron chi connectivity index (χ4n) is 2.50. The van der Waals surface area contributed by atoms with Crippen molar-refractivity contribution in [2.24, 2.45) is 11.1 Å². The van der Waals surface area contributed by atoms with Gasteiger partial charge in [0.1, 0.15) is 0 Å². The van der Waals surface area contributed by atoms with Crippen LogP contribution in [0.1, 0.15) is 85.0 Å². The van der Waals surface area contributed by atoms with E-state index in [0.717, 1.165) is 6.54 Å². The van der Waals surface area contributed by atoms with E-state index in [2.05, 4.69) is 32.9 Å². The van der Waals surface area contributed by atoms with E-state index in [1.54, 1.807) is 0 Å². The summed E-state index contributed by atoms with van der Waals surface area (Å²) in [5, 5.41) is 0. The van der Waals surface area contributed by atoms with Gasteiger partial charge < -0.3 is 5.73 Å². The normalized spacial score (nSPS) is 12.4. The molecule has 0 amide bonds. The average Bonchev–Trinajstić information content (AvgIpc) is 2.31. The van der Waals surface area contributed by atoms with Crippen LogP contribution in [0.25, 0.3) is 0 Å². The summed E-state index contributed by atoms with van der Waals surface area (Å²) in [5.41, 5.74) is 5.88. The molecule has 0 heterocycles. The highest BCUT2D eigenvalue weighted by molar-refractivity contribution is 4.92. The largest absolute Gasteiger partial charge is 0.330 e. The van der Waals surface area contributed by atoms with Crippen LogP contribution in [0.5, 0.6) is 0 Å². The zero-order valence-corrected chi connectivity index (χ0v) is 13.0. The highest BCUT2D eigenvalue weighted by Crippen LogP contribution is 2.25. The molecule has 0 saturated heterocycles. The monoisotopic (exact) mass is 253 g/mol. The van der Waals surface area contributed by atoms with E-state index < -0.39 is 0 Å². The summed E-state index contributed by atoms with van der Waals surface area (Å²) in [6, 6.07) is 0. The van der Waals surface area contributed by atoms with E-state index in [-0.39, 0.29) is 0 Å². The molecular weight excluding hydrogens is 218 g/mol. The van der Waals surface area contributed by atoms with Gasteiger partial charge in [-0.05, 0) is 31.7 Å². The Balaban J connectivity index is 3.21. The molecule has 0 bridgehead atoms. The number of unbranched alkanes of at least 4 members (excludes halogenated alkanes) is 8. The highest BCUT2D eigenvalue weighted by atomic mass is 14.5. The predicted octanol–water partition coefficient (Wildman–Crippen LogP) is 5.45. The summed E-state index contributed by atoms with van der Waals surface area (Å²) < 4.78 is 0. The van der Waals surface area contributed by atoms with E-state index in [0.29, 0.717) is 5.41 Å². The van der Waals surface area contributed by atoms with Crippen molar-refractivity contribution in [3.05, 3.63) is 12.2 Å². The van der Waals surface area contributed by atoms with Crippen LogP contribution in [-0.2, 0) is 0 Å². The Hall–Kier alpha value is -0.300. The third-order valence-corrected chi connectivity index (χ3v) is 3.64. The van der Waals surface area contributed by atoms with Gasteiger partial charge in [-0.25, -0.2) is 0 Å². The van der Waals surface area contributed by atoms with Gasteiger partial charge in [-0.15, -0.1) is 0 Å². The minimum absolute atomic E-state index is 0.400. The standard InChI is InChI=1S/C17H35N/c1-4-14-17(2,3)15-12-10-8-6-5-7-9-11-13-16-18/h4,14H,5-13,15-16,18H2,1-3H3/b14-4+. The van der Waals surface area contributed by atoms with Gasteiger partial charge in [-0.1, -0.05) is 77.4 Å². The van der Waals surface area contributed by atoms with Gasteiger partial charge in [-0.2, -0.15) is 0 Å². The molecule has 0 saturated carbocycles. The minimum atomic E-state index is 0.400. The zero-order chi connectivity index (χ0) is 13.7. The lowest BCUT2D eigenvalue weighted by Gasteiger charge is -2.19. The van der Waals surface area contributed by atoms with Crippen molar-refractivity contribution in [1.82, 2.24) is 0 Å². The van der Waals surface area contributed by atoms with E-state index >= 15 is 0 Å². The van der Waals surface area contributed by atoms with E-state index in [9.17, 15) is 0 Å². The Morgan fingerprint density at radius 1 is 0.778 bits per heavy atom. The first-order valence-electron chi connectivity index (χ1n) is 7.96. The van der Waals surface area contributed by atoms with E-state index in [4.69, 9.17) is 5.73 Å². The fraction of sp³-hybridized carbons (Fsp3) is 0.882. The van der Waals surface area contributed by atoms with Crippen LogP contribution in [-0.4, -0.2) is 6.54 Å². The van der Waals surface area contributed by atoms with Gasteiger partial charge in [0.25, 0.3) is 0 Å². The molecule has 0 aliphatic rings. The van der Waals surface area contributed by atoms with Gasteiger partial charge in [-0.3, -0.25) is 0 Å². The lowest BCUT2D eigenvalue weighted by Crippen LogP contribution is -2.06. The van der Waals surface area contributed by atoms with Gasteiger partial charge in [0.05, 0.1) is 0 Å². The van der Waals surface area contributed by atoms with Crippen LogP contribution in [0.15, 0.2) is 12.2 Å². The highest BCUT2D eigenvalue weighted by Gasteiger charge is 2.11. The molecule has 0 fully saturated rings. The Kier molecular flexibility index (Phi) is 11.6. The summed E-state index contributed by atoms with van der Waals surface area (Å²) in [7, 11) is 0. The van der Waals surface area contributed by atoms with Crippen molar-refractivity contribution in [2.75, 3.05) is 6.54 Å². The van der Waals surface area contributed by atoms with Crippen molar-refractivity contribution in [2.45, 2.75) is 85.0 Å². The zero-order valence-electron chi connectivity index (χ0n) is 13.0. The number of hydrogen-bond donors (Lipinski definition) is 1. The number of rotatable bonds is 12. The molecule has 0 radical (unpaired) electrons. The molecule has 0 unspecified atom stereocenters. The molecule has 0 rings (SSSR count). The van der Waals surface area contributed by atoms with E-state index in [1.807, 2.05) is 0 Å². The summed E-state index contributed by atoms with van der Waals surface area (Å²) in [5.74, 6) is 0. The summed E-state index contributed by atoms with van der Waals surface area (Å²) in [6.07, 6.45) is 18.2. The lowest BCUT2D eigenvalue weighted by atomic mass is 9.86. The van der Waals surface area contributed by atoms with Crippen LogP contribution in [0.3, 0.4) is 0 Å². The molecule has 0 spiro atoms. The Morgan fingerprint density at radius 3 is 1.67 bits per heavy atom. The topological polar surface area (TPSA) is 26.0 Å². The average molecular weight is 253 g/mol. The van der Waals surface area contributed by atoms with Crippen molar-refractivity contribution in [3.8, 4) is 0 Å². The first kappa shape index (κ1) is 17.7. The number of hydrogen-bond acceptors (Lipinski definition) is 1. The Morgan fingerprint density at radius 2 is 1.22 bits per heavy atom. The van der Waals surface area contributed by atoms with Crippen LogP contribution in [0, 0.1) is 5.41 Å². The fourth-order valence-corrected chi connectivity index (χ4v) is 2.50. The van der Waals surface area contributed by atoms with Crippen LogP contribution >= 0.6 is 0 Å². The number of allylic oxidation sites excluding steroid dienone is 2. The molecule has 2 N–H and O–H groups in total. The molecule has 18 heavy (non-hydrogen) atoms. The van der Waals surface area contributed by atoms with Crippen LogP contribution in [0.2, 0.25) is 0 Å². The van der Waals surface area contributed by atoms with Crippen molar-refractivity contribution >= 4 is 0 Å². The third-order valence-electron chi connectivity index (χ3n) is 3.64. The second kappa shape index (κ2) is 11.8. The van der Waals surface area contributed by atoms with Gasteiger partial charge in [0.15, 0.2) is 0 Å². The Labute approximate surface area is 115 Å². The summed E-state index contributed by atoms with van der Waals surface area (Å²) >= 11 is 0. The first-order valence-corrected chi connectivity index (χ1v) is 7.96. The van der Waals surface area contributed by atoms with Gasteiger partial charge in [0, 0.05) is 0 Å². The smallest absolute Gasteiger partial charge is 0.00773 e. The minimum Gasteiger partial charge on any atom is -0.330 e. The van der Waals surface area contributed by atoms with Crippen molar-refractivity contribution < 1.29 is 0 Å². The molecule has 0 atom stereocenters. The maximum atomic E-state index is 5.48. The second-order valence-electron chi connectivity index (χ2n) is 6.21. The molecule has 0 aromatic carbocycles. The molecule has 0 aromatic rings. The van der Waals surface area contributed by atoms with Crippen molar-refractivity contribution in [1.29, 1.82) is 0 Å². The van der Waals surface area contributed by atoms with E-state index in [1.165, 1.54) is 64.2 Å². The molecule has 0 aromatic heterocycles. The summed E-state index contributed by atoms with van der Waals surface area (Å²) in [6.45, 7) is 7.66. The van der Waals surface area contributed by atoms with Crippen LogP contribution in [0.4, 0.5) is 0 Å². The molecule has 0 aliphatic heterocycles. The SMILES string of the molecule is C/C=C/C(C)(C)CCCCCCCCCCCN. The quantitative estimate of drug-likeness (QED) is 0.363. The third kappa shape index (κ3) is 12.2. The van der Waals surface area contributed by atoms with Crippen LogP contribution < -0.4 is 5.73 Å². The molecule has 1 nitrogen and oxygen atoms in total. The summed E-state index contributed by atoms with van der Waals surface area (Å²) in [4.78, 5) is 0. The van der Waals surface area contributed by atoms with Gasteiger partial charge >= 0.3 is 0 Å². The molecule has 108 valence electrons. The molecular formula is C17H35N. The maximum Gasteiger partial charge on any atom is -0.00773 e. The van der Waals surface area contributed by atoms with Crippen molar-refractivity contribution in [3.63, 3.8) is 0 Å². The molecule has 1 heteroatoms. The lowest BCUT2D eigenvalue weighted by molar-refractivity contribution is 0.406. The predicted molar refractivity (Wildman–Crippen MR) is 83.8 cm³/mol. The first-order chi connectivity index (χ1) is 8.62. The second-order valence-corrected chi connectivity index (χ2v) is 6.21. The van der Waals surface area contributed by atoms with Gasteiger partial charge in [0.2, 0.25) is 0 Å². The Bertz CT molecular complexity index is 194. The molecule has 0 aliphatic carbocycles. The number of nitrogens with two attached hydrogens (primary N) is 1. The maximum absolute atomic E-state index is 5.48.